The van der Waals surface area contributed by atoms with Gasteiger partial charge in [0.1, 0.15) is 0 Å². The first-order chi connectivity index (χ1) is 9.20. The zero-order chi connectivity index (χ0) is 13.7. The average molecular weight is 255 g/mol. The van der Waals surface area contributed by atoms with Crippen LogP contribution in [-0.4, -0.2) is 16.6 Å². The quantitative estimate of drug-likeness (QED) is 0.518. The van der Waals surface area contributed by atoms with Crippen molar-refractivity contribution in [2.24, 2.45) is 0 Å². The van der Waals surface area contributed by atoms with Crippen molar-refractivity contribution < 1.29 is 10.0 Å². The molecule has 1 N–H and O–H groups in total. The van der Waals surface area contributed by atoms with E-state index in [9.17, 15) is 15.2 Å². The van der Waals surface area contributed by atoms with Gasteiger partial charge in [-0.25, -0.2) is 0 Å². The van der Waals surface area contributed by atoms with E-state index in [0.29, 0.717) is 0 Å². The molecule has 0 saturated carbocycles. The third kappa shape index (κ3) is 3.26. The Morgan fingerprint density at radius 1 is 1.11 bits per heavy atom. The van der Waals surface area contributed by atoms with Crippen LogP contribution in [0, 0.1) is 10.1 Å². The van der Waals surface area contributed by atoms with E-state index in [1.807, 2.05) is 36.4 Å². The first-order valence-electron chi connectivity index (χ1n) is 5.82. The van der Waals surface area contributed by atoms with Crippen molar-refractivity contribution in [2.45, 2.75) is 0 Å². The first kappa shape index (κ1) is 13.0. The minimum Gasteiger partial charge on any atom is -0.392 e. The SMILES string of the molecule is O=[N+]([O-])c1ccc(/C(=C/c2ccccc2)CO)cc1. The van der Waals surface area contributed by atoms with Gasteiger partial charge in [-0.3, -0.25) is 10.1 Å². The summed E-state index contributed by atoms with van der Waals surface area (Å²) in [7, 11) is 0. The van der Waals surface area contributed by atoms with Crippen LogP contribution >= 0.6 is 0 Å². The van der Waals surface area contributed by atoms with Crippen molar-refractivity contribution in [3.05, 3.63) is 75.8 Å². The molecule has 2 rings (SSSR count). The summed E-state index contributed by atoms with van der Waals surface area (Å²) in [5.41, 5.74) is 2.52. The molecule has 2 aromatic carbocycles. The molecule has 0 amide bonds. The Bertz CT molecular complexity index is 589. The highest BCUT2D eigenvalue weighted by atomic mass is 16.6. The van der Waals surface area contributed by atoms with Gasteiger partial charge in [-0.05, 0) is 34.9 Å². The normalized spacial score (nSPS) is 11.3. The second kappa shape index (κ2) is 5.93. The second-order valence-electron chi connectivity index (χ2n) is 4.04. The lowest BCUT2D eigenvalue weighted by Crippen LogP contribution is -1.92. The number of non-ortho nitro benzene ring substituents is 1. The molecule has 0 aliphatic carbocycles. The number of nitrogens with zero attached hydrogens (tertiary/aromatic N) is 1. The van der Waals surface area contributed by atoms with E-state index in [1.54, 1.807) is 12.1 Å². The summed E-state index contributed by atoms with van der Waals surface area (Å²) in [6, 6.07) is 15.8. The molecule has 4 nitrogen and oxygen atoms in total. The Kier molecular flexibility index (Phi) is 4.05. The number of nitro groups is 1. The molecule has 0 bridgehead atoms. The van der Waals surface area contributed by atoms with Crippen LogP contribution in [0.2, 0.25) is 0 Å². The topological polar surface area (TPSA) is 63.4 Å². The summed E-state index contributed by atoms with van der Waals surface area (Å²) in [5.74, 6) is 0. The molecule has 0 heterocycles. The largest absolute Gasteiger partial charge is 0.392 e. The maximum Gasteiger partial charge on any atom is 0.269 e. The molecule has 0 radical (unpaired) electrons. The summed E-state index contributed by atoms with van der Waals surface area (Å²) in [6.07, 6.45) is 1.86. The maximum absolute atomic E-state index is 10.6. The van der Waals surface area contributed by atoms with E-state index in [-0.39, 0.29) is 12.3 Å². The smallest absolute Gasteiger partial charge is 0.269 e. The molecular weight excluding hydrogens is 242 g/mol. The molecule has 0 aromatic heterocycles. The number of nitro benzene ring substituents is 1. The van der Waals surface area contributed by atoms with Gasteiger partial charge in [0, 0.05) is 12.1 Å². The third-order valence-corrected chi connectivity index (χ3v) is 2.76. The van der Waals surface area contributed by atoms with Gasteiger partial charge >= 0.3 is 0 Å². The molecular formula is C15H13NO3. The van der Waals surface area contributed by atoms with Gasteiger partial charge in [0.15, 0.2) is 0 Å². The first-order valence-corrected chi connectivity index (χ1v) is 5.82. The predicted octanol–water partition coefficient (Wildman–Crippen LogP) is 3.13. The zero-order valence-electron chi connectivity index (χ0n) is 10.2. The van der Waals surface area contributed by atoms with E-state index in [1.165, 1.54) is 12.1 Å². The monoisotopic (exact) mass is 255 g/mol. The van der Waals surface area contributed by atoms with Crippen LogP contribution in [0.1, 0.15) is 11.1 Å². The highest BCUT2D eigenvalue weighted by Gasteiger charge is 2.06. The van der Waals surface area contributed by atoms with E-state index < -0.39 is 4.92 Å². The summed E-state index contributed by atoms with van der Waals surface area (Å²) in [4.78, 5) is 10.1. The van der Waals surface area contributed by atoms with Crippen molar-refractivity contribution >= 4 is 17.3 Å². The number of hydrogen-bond donors (Lipinski definition) is 1. The fraction of sp³-hybridized carbons (Fsp3) is 0.0667. The van der Waals surface area contributed by atoms with Crippen LogP contribution in [0.15, 0.2) is 54.6 Å². The van der Waals surface area contributed by atoms with Gasteiger partial charge in [0.05, 0.1) is 11.5 Å². The maximum atomic E-state index is 10.6. The van der Waals surface area contributed by atoms with Crippen molar-refractivity contribution in [2.75, 3.05) is 6.61 Å². The molecule has 19 heavy (non-hydrogen) atoms. The summed E-state index contributed by atoms with van der Waals surface area (Å²) in [6.45, 7) is -0.118. The Morgan fingerprint density at radius 2 is 1.74 bits per heavy atom. The number of hydrogen-bond acceptors (Lipinski definition) is 3. The molecule has 96 valence electrons. The Labute approximate surface area is 110 Å². The van der Waals surface area contributed by atoms with E-state index in [4.69, 9.17) is 0 Å². The zero-order valence-corrected chi connectivity index (χ0v) is 10.2. The van der Waals surface area contributed by atoms with Gasteiger partial charge < -0.3 is 5.11 Å². The molecule has 0 unspecified atom stereocenters. The van der Waals surface area contributed by atoms with Crippen LogP contribution < -0.4 is 0 Å². The van der Waals surface area contributed by atoms with E-state index in [2.05, 4.69) is 0 Å². The predicted molar refractivity (Wildman–Crippen MR) is 74.5 cm³/mol. The van der Waals surface area contributed by atoms with Crippen molar-refractivity contribution in [1.82, 2.24) is 0 Å². The Hall–Kier alpha value is -2.46. The summed E-state index contributed by atoms with van der Waals surface area (Å²) >= 11 is 0. The van der Waals surface area contributed by atoms with Gasteiger partial charge in [-0.1, -0.05) is 30.3 Å². The van der Waals surface area contributed by atoms with Gasteiger partial charge in [0.2, 0.25) is 0 Å². The van der Waals surface area contributed by atoms with Crippen LogP contribution in [0.3, 0.4) is 0 Å². The fourth-order valence-electron chi connectivity index (χ4n) is 1.77. The Morgan fingerprint density at radius 3 is 2.26 bits per heavy atom. The van der Waals surface area contributed by atoms with Crippen molar-refractivity contribution in [1.29, 1.82) is 0 Å². The van der Waals surface area contributed by atoms with Crippen molar-refractivity contribution in [3.8, 4) is 0 Å². The third-order valence-electron chi connectivity index (χ3n) is 2.76. The minimum atomic E-state index is -0.441. The number of aliphatic hydroxyl groups excluding tert-OH is 1. The average Bonchev–Trinajstić information content (AvgIpc) is 2.46. The van der Waals surface area contributed by atoms with Crippen LogP contribution in [0.4, 0.5) is 5.69 Å². The highest BCUT2D eigenvalue weighted by molar-refractivity contribution is 5.82. The molecule has 0 fully saturated rings. The molecule has 2 aromatic rings. The van der Waals surface area contributed by atoms with Gasteiger partial charge in [0.25, 0.3) is 5.69 Å². The van der Waals surface area contributed by atoms with Crippen molar-refractivity contribution in [3.63, 3.8) is 0 Å². The van der Waals surface area contributed by atoms with Crippen LogP contribution in [-0.2, 0) is 0 Å². The lowest BCUT2D eigenvalue weighted by molar-refractivity contribution is -0.384. The molecule has 0 aliphatic heterocycles. The van der Waals surface area contributed by atoms with Gasteiger partial charge in [-0.15, -0.1) is 0 Å². The standard InChI is InChI=1S/C15H13NO3/c17-11-14(10-12-4-2-1-3-5-12)13-6-8-15(9-7-13)16(18)19/h1-10,17H,11H2/b14-10+. The second-order valence-corrected chi connectivity index (χ2v) is 4.04. The molecule has 4 heteroatoms. The summed E-state index contributed by atoms with van der Waals surface area (Å²) < 4.78 is 0. The minimum absolute atomic E-state index is 0.0424. The highest BCUT2D eigenvalue weighted by Crippen LogP contribution is 2.20. The van der Waals surface area contributed by atoms with E-state index >= 15 is 0 Å². The lowest BCUT2D eigenvalue weighted by Gasteiger charge is -2.04. The number of rotatable bonds is 4. The molecule has 0 spiro atoms. The lowest BCUT2D eigenvalue weighted by atomic mass is 10.0. The van der Waals surface area contributed by atoms with Gasteiger partial charge in [-0.2, -0.15) is 0 Å². The Balaban J connectivity index is 2.32. The molecule has 0 aliphatic rings. The van der Waals surface area contributed by atoms with Crippen LogP contribution in [0.5, 0.6) is 0 Å². The van der Waals surface area contributed by atoms with E-state index in [0.717, 1.165) is 16.7 Å². The number of benzene rings is 2. The molecule has 0 atom stereocenters. The fourth-order valence-corrected chi connectivity index (χ4v) is 1.77. The molecule has 0 saturated heterocycles. The van der Waals surface area contributed by atoms with Crippen LogP contribution in [0.25, 0.3) is 11.6 Å². The number of aliphatic hydroxyl groups is 1. The summed E-state index contributed by atoms with van der Waals surface area (Å²) in [5, 5.41) is 20.0.